The zero-order valence-corrected chi connectivity index (χ0v) is 14.6. The minimum absolute atomic E-state index is 0.0353. The quantitative estimate of drug-likeness (QED) is 0.883. The molecule has 1 unspecified atom stereocenters. The lowest BCUT2D eigenvalue weighted by Crippen LogP contribution is -2.53. The van der Waals surface area contributed by atoms with Crippen molar-refractivity contribution < 1.29 is 19.1 Å². The molecule has 0 spiro atoms. The molecule has 136 valence electrons. The molecule has 0 aliphatic carbocycles. The lowest BCUT2D eigenvalue weighted by molar-refractivity contribution is -0.129. The highest BCUT2D eigenvalue weighted by Gasteiger charge is 2.28. The number of nitrogens with zero attached hydrogens (tertiary/aromatic N) is 2. The number of ether oxygens (including phenoxy) is 2. The average molecular weight is 347 g/mol. The third-order valence-corrected chi connectivity index (χ3v) is 4.57. The van der Waals surface area contributed by atoms with Crippen LogP contribution in [0, 0.1) is 0 Å². The molecule has 1 atom stereocenters. The largest absolute Gasteiger partial charge is 0.378 e. The summed E-state index contributed by atoms with van der Waals surface area (Å²) in [6.45, 7) is 5.31. The van der Waals surface area contributed by atoms with Crippen molar-refractivity contribution in [3.8, 4) is 0 Å². The number of hydrogen-bond donors (Lipinski definition) is 1. The second-order valence-electron chi connectivity index (χ2n) is 6.24. The standard InChI is InChI=1S/C18H25N3O4/c1-2-14-3-5-15(6-4-14)21-12-16(25-13-17(21)22)11-19-18(23)20-7-9-24-10-8-20/h3-6,16H,2,7-13H2,1H3,(H,19,23). The SMILES string of the molecule is CCc1ccc(N2CC(CNC(=O)N3CCOCC3)OCC2=O)cc1. The molecule has 25 heavy (non-hydrogen) atoms. The van der Waals surface area contributed by atoms with E-state index in [0.717, 1.165) is 12.1 Å². The van der Waals surface area contributed by atoms with Gasteiger partial charge in [0.2, 0.25) is 0 Å². The van der Waals surface area contributed by atoms with Crippen molar-refractivity contribution in [2.45, 2.75) is 19.4 Å². The monoisotopic (exact) mass is 347 g/mol. The van der Waals surface area contributed by atoms with Gasteiger partial charge in [-0.25, -0.2) is 4.79 Å². The highest BCUT2D eigenvalue weighted by atomic mass is 16.5. The van der Waals surface area contributed by atoms with Gasteiger partial charge in [-0.05, 0) is 24.1 Å². The Balaban J connectivity index is 1.54. The Morgan fingerprint density at radius 1 is 1.24 bits per heavy atom. The van der Waals surface area contributed by atoms with E-state index in [4.69, 9.17) is 9.47 Å². The van der Waals surface area contributed by atoms with Crippen LogP contribution in [0.4, 0.5) is 10.5 Å². The van der Waals surface area contributed by atoms with E-state index in [0.29, 0.717) is 39.4 Å². The fourth-order valence-corrected chi connectivity index (χ4v) is 2.99. The molecule has 1 N–H and O–H groups in total. The fraction of sp³-hybridized carbons (Fsp3) is 0.556. The zero-order chi connectivity index (χ0) is 17.6. The summed E-state index contributed by atoms with van der Waals surface area (Å²) in [5.41, 5.74) is 2.11. The van der Waals surface area contributed by atoms with E-state index in [9.17, 15) is 9.59 Å². The summed E-state index contributed by atoms with van der Waals surface area (Å²) >= 11 is 0. The van der Waals surface area contributed by atoms with Gasteiger partial charge >= 0.3 is 6.03 Å². The van der Waals surface area contributed by atoms with Crippen molar-refractivity contribution in [1.29, 1.82) is 0 Å². The molecular weight excluding hydrogens is 322 g/mol. The minimum Gasteiger partial charge on any atom is -0.378 e. The number of carbonyl (C=O) groups is 2. The molecular formula is C18H25N3O4. The van der Waals surface area contributed by atoms with E-state index in [-0.39, 0.29) is 24.6 Å². The first-order valence-corrected chi connectivity index (χ1v) is 8.79. The molecule has 2 aliphatic heterocycles. The normalized spacial score (nSPS) is 21.3. The summed E-state index contributed by atoms with van der Waals surface area (Å²) < 4.78 is 10.8. The maximum Gasteiger partial charge on any atom is 0.317 e. The molecule has 1 aromatic carbocycles. The van der Waals surface area contributed by atoms with E-state index < -0.39 is 0 Å². The molecule has 0 saturated carbocycles. The van der Waals surface area contributed by atoms with Crippen LogP contribution in [-0.2, 0) is 20.7 Å². The average Bonchev–Trinajstić information content (AvgIpc) is 2.68. The predicted octanol–water partition coefficient (Wildman–Crippen LogP) is 1.02. The van der Waals surface area contributed by atoms with E-state index in [1.54, 1.807) is 9.80 Å². The topological polar surface area (TPSA) is 71.1 Å². The zero-order valence-electron chi connectivity index (χ0n) is 14.6. The van der Waals surface area contributed by atoms with Crippen LogP contribution in [0.25, 0.3) is 0 Å². The summed E-state index contributed by atoms with van der Waals surface area (Å²) in [6.07, 6.45) is 0.751. The highest BCUT2D eigenvalue weighted by molar-refractivity contribution is 5.95. The second kappa shape index (κ2) is 8.31. The minimum atomic E-state index is -0.214. The third-order valence-electron chi connectivity index (χ3n) is 4.57. The molecule has 2 fully saturated rings. The van der Waals surface area contributed by atoms with Gasteiger partial charge in [0, 0.05) is 25.3 Å². The predicted molar refractivity (Wildman–Crippen MR) is 93.7 cm³/mol. The van der Waals surface area contributed by atoms with E-state index >= 15 is 0 Å². The Morgan fingerprint density at radius 3 is 2.64 bits per heavy atom. The smallest absolute Gasteiger partial charge is 0.317 e. The van der Waals surface area contributed by atoms with Gasteiger partial charge in [-0.2, -0.15) is 0 Å². The van der Waals surface area contributed by atoms with Crippen molar-refractivity contribution in [3.05, 3.63) is 29.8 Å². The van der Waals surface area contributed by atoms with Gasteiger partial charge < -0.3 is 24.6 Å². The van der Waals surface area contributed by atoms with Crippen molar-refractivity contribution in [1.82, 2.24) is 10.2 Å². The van der Waals surface area contributed by atoms with Gasteiger partial charge in [-0.1, -0.05) is 19.1 Å². The van der Waals surface area contributed by atoms with Crippen LogP contribution < -0.4 is 10.2 Å². The second-order valence-corrected chi connectivity index (χ2v) is 6.24. The number of aryl methyl sites for hydroxylation is 1. The number of morpholine rings is 2. The van der Waals surface area contributed by atoms with Crippen LogP contribution in [0.1, 0.15) is 12.5 Å². The van der Waals surface area contributed by atoms with Gasteiger partial charge in [-0.15, -0.1) is 0 Å². The maximum atomic E-state index is 12.2. The van der Waals surface area contributed by atoms with Crippen LogP contribution in [0.5, 0.6) is 0 Å². The fourth-order valence-electron chi connectivity index (χ4n) is 2.99. The first kappa shape index (κ1) is 17.7. The van der Waals surface area contributed by atoms with Crippen LogP contribution >= 0.6 is 0 Å². The van der Waals surface area contributed by atoms with Crippen molar-refractivity contribution in [2.75, 3.05) is 50.9 Å². The molecule has 0 radical (unpaired) electrons. The molecule has 0 aromatic heterocycles. The maximum absolute atomic E-state index is 12.2. The molecule has 2 aliphatic rings. The lowest BCUT2D eigenvalue weighted by Gasteiger charge is -2.33. The number of amides is 3. The Kier molecular flexibility index (Phi) is 5.88. The van der Waals surface area contributed by atoms with E-state index in [2.05, 4.69) is 12.2 Å². The van der Waals surface area contributed by atoms with Gasteiger partial charge in [-0.3, -0.25) is 4.79 Å². The number of carbonyl (C=O) groups excluding carboxylic acids is 2. The number of hydrogen-bond acceptors (Lipinski definition) is 4. The number of nitrogens with one attached hydrogen (secondary N) is 1. The van der Waals surface area contributed by atoms with Crippen molar-refractivity contribution in [3.63, 3.8) is 0 Å². The van der Waals surface area contributed by atoms with Crippen LogP contribution in [0.2, 0.25) is 0 Å². The first-order chi connectivity index (χ1) is 12.2. The number of urea groups is 1. The van der Waals surface area contributed by atoms with E-state index in [1.165, 1.54) is 5.56 Å². The third kappa shape index (κ3) is 4.49. The molecule has 3 amide bonds. The van der Waals surface area contributed by atoms with Crippen molar-refractivity contribution >= 4 is 17.6 Å². The summed E-state index contributed by atoms with van der Waals surface area (Å²) in [5.74, 6) is -0.0556. The number of anilines is 1. The van der Waals surface area contributed by atoms with Crippen LogP contribution in [0.15, 0.2) is 24.3 Å². The van der Waals surface area contributed by atoms with Crippen molar-refractivity contribution in [2.24, 2.45) is 0 Å². The Hall–Kier alpha value is -2.12. The molecule has 7 heteroatoms. The summed E-state index contributed by atoms with van der Waals surface area (Å²) in [4.78, 5) is 27.8. The molecule has 2 heterocycles. The van der Waals surface area contributed by atoms with Gasteiger partial charge in [0.15, 0.2) is 0 Å². The van der Waals surface area contributed by atoms with E-state index in [1.807, 2.05) is 24.3 Å². The lowest BCUT2D eigenvalue weighted by atomic mass is 10.1. The summed E-state index contributed by atoms with van der Waals surface area (Å²) in [5, 5.41) is 2.90. The Bertz CT molecular complexity index is 599. The highest BCUT2D eigenvalue weighted by Crippen LogP contribution is 2.19. The molecule has 1 aromatic rings. The molecule has 3 rings (SSSR count). The first-order valence-electron chi connectivity index (χ1n) is 8.79. The summed E-state index contributed by atoms with van der Waals surface area (Å²) in [7, 11) is 0. The number of rotatable bonds is 4. The summed E-state index contributed by atoms with van der Waals surface area (Å²) in [6, 6.07) is 7.89. The van der Waals surface area contributed by atoms with Crippen LogP contribution in [0.3, 0.4) is 0 Å². The Labute approximate surface area is 147 Å². The van der Waals surface area contributed by atoms with Crippen LogP contribution in [-0.4, -0.2) is 68.9 Å². The molecule has 0 bridgehead atoms. The Morgan fingerprint density at radius 2 is 1.96 bits per heavy atom. The van der Waals surface area contributed by atoms with Gasteiger partial charge in [0.25, 0.3) is 5.91 Å². The van der Waals surface area contributed by atoms with Gasteiger partial charge in [0.1, 0.15) is 6.61 Å². The molecule has 2 saturated heterocycles. The van der Waals surface area contributed by atoms with Gasteiger partial charge in [0.05, 0.1) is 25.9 Å². The molecule has 7 nitrogen and oxygen atoms in total. The number of benzene rings is 1.